The summed E-state index contributed by atoms with van der Waals surface area (Å²) >= 11 is 1.42. The van der Waals surface area contributed by atoms with Crippen molar-refractivity contribution in [2.24, 2.45) is 0 Å². The van der Waals surface area contributed by atoms with Crippen molar-refractivity contribution < 1.29 is 4.79 Å². The number of hydrogen-bond donors (Lipinski definition) is 1. The number of aromatic nitrogens is 2. The molecule has 7 heteroatoms. The maximum absolute atomic E-state index is 12.2. The highest BCUT2D eigenvalue weighted by atomic mass is 35.5. The van der Waals surface area contributed by atoms with Crippen LogP contribution >= 0.6 is 24.2 Å². The van der Waals surface area contributed by atoms with Gasteiger partial charge in [-0.1, -0.05) is 11.8 Å². The van der Waals surface area contributed by atoms with E-state index in [1.165, 1.54) is 11.8 Å². The first-order valence-corrected chi connectivity index (χ1v) is 7.50. The van der Waals surface area contributed by atoms with E-state index in [1.807, 2.05) is 24.8 Å². The Morgan fingerprint density at radius 2 is 2.10 bits per heavy atom. The van der Waals surface area contributed by atoms with Crippen LogP contribution in [0.3, 0.4) is 0 Å². The maximum Gasteiger partial charge on any atom is 0.233 e. The van der Waals surface area contributed by atoms with Crippen LogP contribution in [-0.2, 0) is 4.79 Å². The molecule has 0 saturated carbocycles. The Labute approximate surface area is 130 Å². The van der Waals surface area contributed by atoms with Gasteiger partial charge in [-0.25, -0.2) is 9.97 Å². The van der Waals surface area contributed by atoms with Crippen molar-refractivity contribution >= 4 is 30.1 Å². The van der Waals surface area contributed by atoms with E-state index < -0.39 is 0 Å². The molecule has 1 fully saturated rings. The largest absolute Gasteiger partial charge is 0.337 e. The van der Waals surface area contributed by atoms with E-state index in [4.69, 9.17) is 0 Å². The van der Waals surface area contributed by atoms with Crippen LogP contribution in [0.5, 0.6) is 0 Å². The molecule has 112 valence electrons. The Balaban J connectivity index is 0.00000200. The van der Waals surface area contributed by atoms with E-state index in [0.717, 1.165) is 31.0 Å². The number of nitrogens with zero attached hydrogens (tertiary/aromatic N) is 3. The lowest BCUT2D eigenvalue weighted by Gasteiger charge is -2.33. The van der Waals surface area contributed by atoms with Gasteiger partial charge in [0.15, 0.2) is 5.16 Å². The number of rotatable bonds is 3. The zero-order valence-electron chi connectivity index (χ0n) is 12.0. The predicted octanol–water partition coefficient (Wildman–Crippen LogP) is 1.43. The SMILES string of the molecule is Cc1cc(C)nc(SCC(=O)N2CCNC[C@H]2C)n1.Cl. The molecular formula is C13H21ClN4OS. The lowest BCUT2D eigenvalue weighted by Crippen LogP contribution is -2.52. The minimum atomic E-state index is 0. The highest BCUT2D eigenvalue weighted by molar-refractivity contribution is 7.99. The quantitative estimate of drug-likeness (QED) is 0.675. The van der Waals surface area contributed by atoms with Gasteiger partial charge in [0.1, 0.15) is 0 Å². The van der Waals surface area contributed by atoms with Crippen molar-refractivity contribution in [2.75, 3.05) is 25.4 Å². The lowest BCUT2D eigenvalue weighted by molar-refractivity contribution is -0.131. The smallest absolute Gasteiger partial charge is 0.233 e. The molecule has 2 rings (SSSR count). The van der Waals surface area contributed by atoms with Crippen molar-refractivity contribution in [1.82, 2.24) is 20.2 Å². The Hall–Kier alpha value is -0.850. The molecule has 20 heavy (non-hydrogen) atoms. The zero-order chi connectivity index (χ0) is 13.8. The van der Waals surface area contributed by atoms with Crippen molar-refractivity contribution in [3.05, 3.63) is 17.5 Å². The molecule has 1 saturated heterocycles. The number of aryl methyl sites for hydroxylation is 2. The number of amides is 1. The maximum atomic E-state index is 12.2. The number of carbonyl (C=O) groups excluding carboxylic acids is 1. The highest BCUT2D eigenvalue weighted by Gasteiger charge is 2.22. The van der Waals surface area contributed by atoms with Crippen LogP contribution in [0.4, 0.5) is 0 Å². The summed E-state index contributed by atoms with van der Waals surface area (Å²) in [7, 11) is 0. The molecule has 0 spiro atoms. The van der Waals surface area contributed by atoms with Gasteiger partial charge in [0.25, 0.3) is 0 Å². The molecule has 1 aromatic rings. The van der Waals surface area contributed by atoms with Crippen molar-refractivity contribution in [1.29, 1.82) is 0 Å². The third kappa shape index (κ3) is 4.61. The molecule has 0 aromatic carbocycles. The van der Waals surface area contributed by atoms with E-state index in [1.54, 1.807) is 0 Å². The fourth-order valence-corrected chi connectivity index (χ4v) is 3.01. The number of thioether (sulfide) groups is 1. The van der Waals surface area contributed by atoms with Crippen LogP contribution in [-0.4, -0.2) is 52.2 Å². The van der Waals surface area contributed by atoms with Crippen molar-refractivity contribution in [2.45, 2.75) is 32.0 Å². The molecule has 1 atom stereocenters. The van der Waals surface area contributed by atoms with Crippen LogP contribution in [0, 0.1) is 13.8 Å². The second kappa shape index (κ2) is 7.81. The normalized spacial score (nSPS) is 18.6. The molecule has 0 radical (unpaired) electrons. The van der Waals surface area contributed by atoms with E-state index >= 15 is 0 Å². The van der Waals surface area contributed by atoms with Gasteiger partial charge in [0.05, 0.1) is 5.75 Å². The first-order chi connectivity index (χ1) is 9.06. The molecule has 2 heterocycles. The molecule has 0 aliphatic carbocycles. The Morgan fingerprint density at radius 1 is 1.45 bits per heavy atom. The first kappa shape index (κ1) is 17.2. The Morgan fingerprint density at radius 3 is 2.70 bits per heavy atom. The standard InChI is InChI=1S/C13H20N4OS.ClH/c1-9-6-10(2)16-13(15-9)19-8-12(18)17-5-4-14-7-11(17)3;/h6,11,14H,4-5,7-8H2,1-3H3;1H/t11-;/m1./s1. The van der Waals surface area contributed by atoms with Crippen LogP contribution in [0.25, 0.3) is 0 Å². The molecule has 0 unspecified atom stereocenters. The van der Waals surface area contributed by atoms with E-state index in [9.17, 15) is 4.79 Å². The Bertz CT molecular complexity index is 451. The molecule has 0 bridgehead atoms. The average molecular weight is 317 g/mol. The van der Waals surface area contributed by atoms with E-state index in [-0.39, 0.29) is 24.4 Å². The van der Waals surface area contributed by atoms with Crippen LogP contribution < -0.4 is 5.32 Å². The van der Waals surface area contributed by atoms with Crippen LogP contribution in [0.15, 0.2) is 11.2 Å². The van der Waals surface area contributed by atoms with Crippen molar-refractivity contribution in [3.63, 3.8) is 0 Å². The molecule has 1 amide bonds. The summed E-state index contributed by atoms with van der Waals surface area (Å²) in [6.07, 6.45) is 0. The molecule has 1 aliphatic heterocycles. The third-order valence-electron chi connectivity index (χ3n) is 3.11. The fourth-order valence-electron chi connectivity index (χ4n) is 2.18. The highest BCUT2D eigenvalue weighted by Crippen LogP contribution is 2.16. The predicted molar refractivity (Wildman–Crippen MR) is 83.5 cm³/mol. The van der Waals surface area contributed by atoms with E-state index in [2.05, 4.69) is 22.2 Å². The molecule has 1 aromatic heterocycles. The number of piperazine rings is 1. The summed E-state index contributed by atoms with van der Waals surface area (Å²) in [5.74, 6) is 0.578. The number of halogens is 1. The van der Waals surface area contributed by atoms with Crippen LogP contribution in [0.2, 0.25) is 0 Å². The van der Waals surface area contributed by atoms with Crippen LogP contribution in [0.1, 0.15) is 18.3 Å². The summed E-state index contributed by atoms with van der Waals surface area (Å²) in [4.78, 5) is 22.8. The topological polar surface area (TPSA) is 58.1 Å². The molecule has 1 aliphatic rings. The van der Waals surface area contributed by atoms with Gasteiger partial charge in [-0.15, -0.1) is 12.4 Å². The summed E-state index contributed by atoms with van der Waals surface area (Å²) in [5.41, 5.74) is 1.89. The Kier molecular flexibility index (Phi) is 6.71. The second-order valence-electron chi connectivity index (χ2n) is 4.86. The zero-order valence-corrected chi connectivity index (χ0v) is 13.7. The fraction of sp³-hybridized carbons (Fsp3) is 0.615. The lowest BCUT2D eigenvalue weighted by atomic mass is 10.2. The summed E-state index contributed by atoms with van der Waals surface area (Å²) < 4.78 is 0. The third-order valence-corrected chi connectivity index (χ3v) is 3.94. The number of carbonyl (C=O) groups is 1. The van der Waals surface area contributed by atoms with Gasteiger partial charge in [-0.3, -0.25) is 4.79 Å². The second-order valence-corrected chi connectivity index (χ2v) is 5.80. The molecular weight excluding hydrogens is 296 g/mol. The minimum Gasteiger partial charge on any atom is -0.337 e. The summed E-state index contributed by atoms with van der Waals surface area (Å²) in [6.45, 7) is 8.49. The molecule has 5 nitrogen and oxygen atoms in total. The van der Waals surface area contributed by atoms with Gasteiger partial charge in [-0.05, 0) is 26.8 Å². The van der Waals surface area contributed by atoms with Crippen molar-refractivity contribution in [3.8, 4) is 0 Å². The monoisotopic (exact) mass is 316 g/mol. The minimum absolute atomic E-state index is 0. The average Bonchev–Trinajstić information content (AvgIpc) is 2.35. The van der Waals surface area contributed by atoms with Gasteiger partial charge in [0, 0.05) is 37.1 Å². The van der Waals surface area contributed by atoms with Gasteiger partial charge >= 0.3 is 0 Å². The van der Waals surface area contributed by atoms with Gasteiger partial charge in [-0.2, -0.15) is 0 Å². The summed E-state index contributed by atoms with van der Waals surface area (Å²) in [5, 5.41) is 3.97. The van der Waals surface area contributed by atoms with Gasteiger partial charge in [0.2, 0.25) is 5.91 Å². The van der Waals surface area contributed by atoms with Gasteiger partial charge < -0.3 is 10.2 Å². The number of nitrogens with one attached hydrogen (secondary N) is 1. The number of hydrogen-bond acceptors (Lipinski definition) is 5. The molecule has 1 N–H and O–H groups in total. The first-order valence-electron chi connectivity index (χ1n) is 6.51. The summed E-state index contributed by atoms with van der Waals surface area (Å²) in [6, 6.07) is 2.20. The van der Waals surface area contributed by atoms with E-state index in [0.29, 0.717) is 10.9 Å².